The summed E-state index contributed by atoms with van der Waals surface area (Å²) >= 11 is 5.97. The van der Waals surface area contributed by atoms with Crippen LogP contribution in [0.1, 0.15) is 29.8 Å². The summed E-state index contributed by atoms with van der Waals surface area (Å²) in [6, 6.07) is 19.6. The van der Waals surface area contributed by atoms with Gasteiger partial charge in [-0.3, -0.25) is 10.2 Å². The minimum atomic E-state index is -0.414. The molecule has 4 rings (SSSR count). The third kappa shape index (κ3) is 5.58. The first-order valence-corrected chi connectivity index (χ1v) is 11.7. The Bertz CT molecular complexity index is 1430. The topological polar surface area (TPSA) is 90.1 Å². The highest BCUT2D eigenvalue weighted by Gasteiger charge is 2.15. The Morgan fingerprint density at radius 3 is 2.40 bits per heavy atom. The van der Waals surface area contributed by atoms with Crippen LogP contribution in [0.25, 0.3) is 11.0 Å². The zero-order chi connectivity index (χ0) is 24.9. The molecule has 1 amide bonds. The molecule has 4 aromatic rings. The summed E-state index contributed by atoms with van der Waals surface area (Å²) in [7, 11) is 0. The first-order valence-electron chi connectivity index (χ1n) is 11.4. The van der Waals surface area contributed by atoms with E-state index in [4.69, 9.17) is 16.0 Å². The summed E-state index contributed by atoms with van der Waals surface area (Å²) in [5.74, 6) is -0.312. The minimum Gasteiger partial charge on any atom is -0.508 e. The molecule has 0 spiro atoms. The van der Waals surface area contributed by atoms with Gasteiger partial charge in [-0.1, -0.05) is 17.7 Å². The van der Waals surface area contributed by atoms with Gasteiger partial charge in [-0.05, 0) is 74.9 Å². The lowest BCUT2D eigenvalue weighted by atomic mass is 10.1. The van der Waals surface area contributed by atoms with Gasteiger partial charge in [0.05, 0.1) is 5.69 Å². The van der Waals surface area contributed by atoms with Gasteiger partial charge in [-0.2, -0.15) is 0 Å². The predicted octanol–water partition coefficient (Wildman–Crippen LogP) is 6.13. The third-order valence-electron chi connectivity index (χ3n) is 5.71. The molecule has 1 aromatic heterocycles. The van der Waals surface area contributed by atoms with Crippen LogP contribution in [0.5, 0.6) is 5.75 Å². The number of fused-ring (bicyclic) bond motifs is 1. The van der Waals surface area contributed by atoms with E-state index in [0.717, 1.165) is 29.7 Å². The van der Waals surface area contributed by atoms with Crippen LogP contribution in [-0.2, 0) is 0 Å². The van der Waals surface area contributed by atoms with Gasteiger partial charge in [0.15, 0.2) is 0 Å². The summed E-state index contributed by atoms with van der Waals surface area (Å²) in [5.41, 5.74) is 6.80. The van der Waals surface area contributed by atoms with Crippen molar-refractivity contribution in [2.45, 2.75) is 20.8 Å². The fraction of sp³-hybridized carbons (Fsp3) is 0.185. The van der Waals surface area contributed by atoms with Gasteiger partial charge < -0.3 is 19.7 Å². The van der Waals surface area contributed by atoms with Crippen molar-refractivity contribution in [3.8, 4) is 5.75 Å². The molecule has 8 heteroatoms. The molecule has 0 aliphatic rings. The van der Waals surface area contributed by atoms with Gasteiger partial charge in [0.2, 0.25) is 5.55 Å². The summed E-state index contributed by atoms with van der Waals surface area (Å²) < 4.78 is 6.13. The van der Waals surface area contributed by atoms with Gasteiger partial charge in [0, 0.05) is 47.0 Å². The van der Waals surface area contributed by atoms with Crippen molar-refractivity contribution in [2.24, 2.45) is 5.10 Å². The molecule has 0 aliphatic carbocycles. The van der Waals surface area contributed by atoms with Crippen molar-refractivity contribution in [1.82, 2.24) is 0 Å². The lowest BCUT2D eigenvalue weighted by Crippen LogP contribution is -2.23. The van der Waals surface area contributed by atoms with Gasteiger partial charge in [-0.25, -0.2) is 0 Å². The lowest BCUT2D eigenvalue weighted by molar-refractivity contribution is 0.102. The summed E-state index contributed by atoms with van der Waals surface area (Å²) in [4.78, 5) is 15.4. The van der Waals surface area contributed by atoms with Crippen LogP contribution < -0.4 is 21.2 Å². The van der Waals surface area contributed by atoms with E-state index in [-0.39, 0.29) is 16.9 Å². The van der Waals surface area contributed by atoms with Gasteiger partial charge in [0.25, 0.3) is 5.91 Å². The molecule has 0 radical (unpaired) electrons. The Labute approximate surface area is 208 Å². The van der Waals surface area contributed by atoms with Crippen molar-refractivity contribution in [2.75, 3.05) is 28.7 Å². The number of phenolic OH excluding ortho intramolecular Hbond substituents is 1. The number of aromatic hydroxyl groups is 1. The van der Waals surface area contributed by atoms with Crippen LogP contribution in [0, 0.1) is 6.92 Å². The van der Waals surface area contributed by atoms with Crippen LogP contribution in [0.3, 0.4) is 0 Å². The number of hydrogen-bond donors (Lipinski definition) is 3. The van der Waals surface area contributed by atoms with E-state index in [1.807, 2.05) is 18.2 Å². The number of nitrogens with one attached hydrogen (secondary N) is 2. The predicted molar refractivity (Wildman–Crippen MR) is 141 cm³/mol. The van der Waals surface area contributed by atoms with Crippen molar-refractivity contribution >= 4 is 45.5 Å². The van der Waals surface area contributed by atoms with E-state index in [9.17, 15) is 9.90 Å². The maximum atomic E-state index is 13.2. The van der Waals surface area contributed by atoms with E-state index >= 15 is 0 Å². The molecule has 0 aliphatic heterocycles. The summed E-state index contributed by atoms with van der Waals surface area (Å²) in [6.07, 6.45) is 0. The van der Waals surface area contributed by atoms with Crippen LogP contribution in [0.2, 0.25) is 5.02 Å². The van der Waals surface area contributed by atoms with Crippen LogP contribution in [-0.4, -0.2) is 24.1 Å². The highest BCUT2D eigenvalue weighted by atomic mass is 35.5. The molecule has 0 unspecified atom stereocenters. The van der Waals surface area contributed by atoms with Gasteiger partial charge in [0.1, 0.15) is 16.9 Å². The summed E-state index contributed by atoms with van der Waals surface area (Å²) in [5, 5.41) is 18.6. The molecule has 3 N–H and O–H groups in total. The second-order valence-electron chi connectivity index (χ2n) is 8.05. The Balaban J connectivity index is 1.78. The maximum Gasteiger partial charge on any atom is 0.261 e. The van der Waals surface area contributed by atoms with E-state index in [2.05, 4.69) is 34.6 Å². The van der Waals surface area contributed by atoms with E-state index in [0.29, 0.717) is 22.0 Å². The van der Waals surface area contributed by atoms with Gasteiger partial charge >= 0.3 is 0 Å². The van der Waals surface area contributed by atoms with E-state index < -0.39 is 5.91 Å². The molecule has 0 atom stereocenters. The number of nitrogens with zero attached hydrogens (tertiary/aromatic N) is 2. The van der Waals surface area contributed by atoms with Crippen molar-refractivity contribution < 1.29 is 14.3 Å². The molecular formula is C27H27ClN4O3. The number of carbonyl (C=O) groups excluding carboxylic acids is 1. The Morgan fingerprint density at radius 1 is 1.00 bits per heavy atom. The van der Waals surface area contributed by atoms with E-state index in [1.54, 1.807) is 49.4 Å². The quantitative estimate of drug-likeness (QED) is 0.271. The fourth-order valence-electron chi connectivity index (χ4n) is 3.66. The second kappa shape index (κ2) is 10.5. The highest BCUT2D eigenvalue weighted by Crippen LogP contribution is 2.24. The van der Waals surface area contributed by atoms with Crippen LogP contribution in [0.4, 0.5) is 17.1 Å². The fourth-order valence-corrected chi connectivity index (χ4v) is 3.79. The molecule has 3 aromatic carbocycles. The highest BCUT2D eigenvalue weighted by molar-refractivity contribution is 6.30. The molecular weight excluding hydrogens is 464 g/mol. The number of phenols is 1. The van der Waals surface area contributed by atoms with Crippen molar-refractivity contribution in [3.63, 3.8) is 0 Å². The molecule has 1 heterocycles. The Morgan fingerprint density at radius 2 is 1.71 bits per heavy atom. The third-order valence-corrected chi connectivity index (χ3v) is 5.96. The zero-order valence-electron chi connectivity index (χ0n) is 19.8. The number of anilines is 3. The number of halogens is 1. The molecule has 0 bridgehead atoms. The number of benzene rings is 3. The monoisotopic (exact) mass is 490 g/mol. The SMILES string of the molecule is CCN(CC)c1ccc2cc(C(=O)Nc3ccc(C)c(O)c3)c(=NNc3ccc(Cl)cc3)oc2c1. The lowest BCUT2D eigenvalue weighted by Gasteiger charge is -2.21. The van der Waals surface area contributed by atoms with Crippen LogP contribution in [0.15, 0.2) is 76.2 Å². The maximum absolute atomic E-state index is 13.2. The van der Waals surface area contributed by atoms with Gasteiger partial charge in [-0.15, -0.1) is 5.10 Å². The Hall–Kier alpha value is -3.97. The van der Waals surface area contributed by atoms with Crippen molar-refractivity contribution in [3.05, 3.63) is 88.4 Å². The molecule has 180 valence electrons. The van der Waals surface area contributed by atoms with Crippen molar-refractivity contribution in [1.29, 1.82) is 0 Å². The smallest absolute Gasteiger partial charge is 0.261 e. The zero-order valence-corrected chi connectivity index (χ0v) is 20.6. The molecule has 0 saturated heterocycles. The first kappa shape index (κ1) is 24.2. The first-order chi connectivity index (χ1) is 16.9. The number of carbonyl (C=O) groups is 1. The van der Waals surface area contributed by atoms with E-state index in [1.165, 1.54) is 6.07 Å². The largest absolute Gasteiger partial charge is 0.508 e. The van der Waals surface area contributed by atoms with Crippen LogP contribution >= 0.6 is 11.6 Å². The molecule has 0 saturated carbocycles. The standard InChI is InChI=1S/C27H27ClN4O3/c1-4-32(5-2)22-13-7-18-14-23(26(34)29-21-10-6-17(3)24(33)15-21)27(35-25(18)16-22)31-30-20-11-8-19(28)9-12-20/h6-16,30,33H,4-5H2,1-3H3,(H,29,34). The molecule has 35 heavy (non-hydrogen) atoms. The number of hydrogen-bond acceptors (Lipinski definition) is 6. The average Bonchev–Trinajstić information content (AvgIpc) is 2.86. The normalized spacial score (nSPS) is 11.5. The summed E-state index contributed by atoms with van der Waals surface area (Å²) in [6.45, 7) is 7.70. The second-order valence-corrected chi connectivity index (χ2v) is 8.48. The number of rotatable bonds is 7. The average molecular weight is 491 g/mol. The number of aryl methyl sites for hydroxylation is 1. The molecule has 0 fully saturated rings. The minimum absolute atomic E-state index is 0.101. The number of amides is 1. The Kier molecular flexibility index (Phi) is 7.27. The molecule has 7 nitrogen and oxygen atoms in total.